The number of aromatic nitrogens is 1. The van der Waals surface area contributed by atoms with Gasteiger partial charge in [0.25, 0.3) is 11.8 Å². The number of fused-ring (bicyclic) bond motifs is 2. The number of nitrogens with one attached hydrogen (secondary N) is 1. The Morgan fingerprint density at radius 2 is 2.18 bits per heavy atom. The second kappa shape index (κ2) is 6.91. The fourth-order valence-electron chi connectivity index (χ4n) is 3.61. The highest BCUT2D eigenvalue weighted by Gasteiger charge is 2.36. The smallest absolute Gasteiger partial charge is 0.270 e. The first-order chi connectivity index (χ1) is 13.4. The molecule has 2 aliphatic rings. The average molecular weight is 381 g/mol. The van der Waals surface area contributed by atoms with E-state index in [2.05, 4.69) is 10.3 Å². The Bertz CT molecular complexity index is 945. The lowest BCUT2D eigenvalue weighted by Crippen LogP contribution is -2.49. The summed E-state index contributed by atoms with van der Waals surface area (Å²) in [5.41, 5.74) is 2.49. The summed E-state index contributed by atoms with van der Waals surface area (Å²) in [7, 11) is 1.67. The van der Waals surface area contributed by atoms with Crippen molar-refractivity contribution in [1.82, 2.24) is 10.3 Å². The van der Waals surface area contributed by atoms with E-state index in [0.29, 0.717) is 18.0 Å². The van der Waals surface area contributed by atoms with Crippen LogP contribution in [0.3, 0.4) is 0 Å². The molecule has 1 aromatic heterocycles. The molecule has 2 amide bonds. The number of pyridine rings is 1. The molecule has 0 saturated carbocycles. The number of amides is 2. The number of hydrogen-bond acceptors (Lipinski definition) is 5. The Morgan fingerprint density at radius 3 is 2.96 bits per heavy atom. The third kappa shape index (κ3) is 3.01. The number of benzene rings is 1. The molecule has 1 aromatic carbocycles. The molecule has 3 heterocycles. The van der Waals surface area contributed by atoms with Crippen LogP contribution in [0, 0.1) is 0 Å². The number of likely N-dealkylation sites (N-methyl/N-ethyl adjacent to an activating group) is 1. The molecule has 0 fully saturated rings. The van der Waals surface area contributed by atoms with Gasteiger partial charge < -0.3 is 19.7 Å². The molecular weight excluding hydrogens is 358 g/mol. The van der Waals surface area contributed by atoms with E-state index in [1.165, 1.54) is 4.90 Å². The van der Waals surface area contributed by atoms with E-state index in [-0.39, 0.29) is 18.2 Å². The molecule has 0 spiro atoms. The largest absolute Gasteiger partial charge is 0.489 e. The van der Waals surface area contributed by atoms with E-state index in [1.54, 1.807) is 25.4 Å². The predicted octanol–water partition coefficient (Wildman–Crippen LogP) is 2.39. The van der Waals surface area contributed by atoms with E-state index >= 15 is 0 Å². The Kier molecular flexibility index (Phi) is 4.55. The van der Waals surface area contributed by atoms with Crippen molar-refractivity contribution < 1.29 is 19.1 Å². The quantitative estimate of drug-likeness (QED) is 0.883. The zero-order valence-electron chi connectivity index (χ0n) is 16.2. The van der Waals surface area contributed by atoms with Gasteiger partial charge in [0.2, 0.25) is 0 Å². The van der Waals surface area contributed by atoms with Gasteiger partial charge in [-0.3, -0.25) is 14.6 Å². The van der Waals surface area contributed by atoms with Crippen LogP contribution in [0.5, 0.6) is 5.75 Å². The Morgan fingerprint density at radius 1 is 1.39 bits per heavy atom. The van der Waals surface area contributed by atoms with Crippen molar-refractivity contribution in [1.29, 1.82) is 0 Å². The highest BCUT2D eigenvalue weighted by molar-refractivity contribution is 6.02. The fourth-order valence-corrected chi connectivity index (χ4v) is 3.61. The van der Waals surface area contributed by atoms with Crippen LogP contribution in [0.2, 0.25) is 0 Å². The molecule has 2 aliphatic heterocycles. The molecule has 1 N–H and O–H groups in total. The van der Waals surface area contributed by atoms with Crippen LogP contribution in [0.4, 0.5) is 5.69 Å². The molecule has 0 radical (unpaired) electrons. The molecule has 0 aliphatic carbocycles. The first kappa shape index (κ1) is 18.4. The zero-order valence-corrected chi connectivity index (χ0v) is 16.2. The lowest BCUT2D eigenvalue weighted by Gasteiger charge is -2.23. The lowest BCUT2D eigenvalue weighted by molar-refractivity contribution is -0.120. The van der Waals surface area contributed by atoms with Crippen LogP contribution in [-0.4, -0.2) is 36.5 Å². The highest BCUT2D eigenvalue weighted by atomic mass is 16.5. The van der Waals surface area contributed by atoms with E-state index in [4.69, 9.17) is 9.47 Å². The molecule has 2 atom stereocenters. The normalized spacial score (nSPS) is 23.5. The van der Waals surface area contributed by atoms with Crippen molar-refractivity contribution in [2.75, 3.05) is 18.6 Å². The molecule has 0 unspecified atom stereocenters. The van der Waals surface area contributed by atoms with E-state index in [1.807, 2.05) is 32.0 Å². The summed E-state index contributed by atoms with van der Waals surface area (Å²) >= 11 is 0. The Labute approximate surface area is 163 Å². The van der Waals surface area contributed by atoms with Gasteiger partial charge in [-0.15, -0.1) is 0 Å². The first-order valence-corrected chi connectivity index (χ1v) is 9.36. The van der Waals surface area contributed by atoms with Gasteiger partial charge in [-0.1, -0.05) is 19.1 Å². The molecule has 28 heavy (non-hydrogen) atoms. The van der Waals surface area contributed by atoms with Crippen LogP contribution in [0.15, 0.2) is 36.5 Å². The minimum Gasteiger partial charge on any atom is -0.489 e. The molecular formula is C21H23N3O4. The SMILES string of the molecule is CC[C@@]1(C)OCc2cnc(C(=O)N[C@H]3COc4ccccc4N(C)C3=O)cc21. The van der Waals surface area contributed by atoms with Crippen molar-refractivity contribution >= 4 is 17.5 Å². The molecule has 146 valence electrons. The summed E-state index contributed by atoms with van der Waals surface area (Å²) in [4.78, 5) is 31.4. The van der Waals surface area contributed by atoms with Crippen molar-refractivity contribution in [3.8, 4) is 5.75 Å². The number of ether oxygens (including phenoxy) is 2. The van der Waals surface area contributed by atoms with Gasteiger partial charge in [-0.25, -0.2) is 0 Å². The maximum absolute atomic E-state index is 12.8. The molecule has 4 rings (SSSR count). The average Bonchev–Trinajstić information content (AvgIpc) is 3.01. The van der Waals surface area contributed by atoms with Crippen LogP contribution >= 0.6 is 0 Å². The zero-order chi connectivity index (χ0) is 19.9. The maximum atomic E-state index is 12.8. The summed E-state index contributed by atoms with van der Waals surface area (Å²) < 4.78 is 11.6. The number of nitrogens with zero attached hydrogens (tertiary/aromatic N) is 2. The monoisotopic (exact) mass is 381 g/mol. The van der Waals surface area contributed by atoms with Gasteiger partial charge in [0.05, 0.1) is 17.9 Å². The second-order valence-corrected chi connectivity index (χ2v) is 7.30. The van der Waals surface area contributed by atoms with E-state index in [0.717, 1.165) is 17.5 Å². The lowest BCUT2D eigenvalue weighted by atomic mass is 9.92. The third-order valence-corrected chi connectivity index (χ3v) is 5.58. The van der Waals surface area contributed by atoms with Crippen molar-refractivity contribution in [3.63, 3.8) is 0 Å². The maximum Gasteiger partial charge on any atom is 0.270 e. The Hall–Kier alpha value is -2.93. The first-order valence-electron chi connectivity index (χ1n) is 9.36. The van der Waals surface area contributed by atoms with Crippen LogP contribution in [0.1, 0.15) is 41.9 Å². The molecule has 7 nitrogen and oxygen atoms in total. The van der Waals surface area contributed by atoms with Gasteiger partial charge in [-0.2, -0.15) is 0 Å². The molecule has 2 aromatic rings. The minimum absolute atomic E-state index is 0.0622. The summed E-state index contributed by atoms with van der Waals surface area (Å²) in [5, 5.41) is 2.77. The third-order valence-electron chi connectivity index (χ3n) is 5.58. The number of anilines is 1. The van der Waals surface area contributed by atoms with Crippen molar-refractivity contribution in [2.45, 2.75) is 38.5 Å². The van der Waals surface area contributed by atoms with Gasteiger partial charge in [0, 0.05) is 18.8 Å². The Balaban J connectivity index is 1.55. The summed E-state index contributed by atoms with van der Waals surface area (Å²) in [6.07, 6.45) is 2.47. The van der Waals surface area contributed by atoms with Crippen LogP contribution in [0.25, 0.3) is 0 Å². The molecule has 0 bridgehead atoms. The number of carbonyl (C=O) groups is 2. The van der Waals surface area contributed by atoms with Crippen LogP contribution < -0.4 is 15.0 Å². The van der Waals surface area contributed by atoms with E-state index < -0.39 is 17.6 Å². The second-order valence-electron chi connectivity index (χ2n) is 7.30. The van der Waals surface area contributed by atoms with Crippen LogP contribution in [-0.2, 0) is 21.7 Å². The van der Waals surface area contributed by atoms with Gasteiger partial charge >= 0.3 is 0 Å². The fraction of sp³-hybridized carbons (Fsp3) is 0.381. The summed E-state index contributed by atoms with van der Waals surface area (Å²) in [6.45, 7) is 4.61. The molecule has 7 heteroatoms. The number of para-hydroxylation sites is 2. The van der Waals surface area contributed by atoms with Gasteiger partial charge in [-0.05, 0) is 37.1 Å². The minimum atomic E-state index is -0.797. The highest BCUT2D eigenvalue weighted by Crippen LogP contribution is 2.38. The summed E-state index contributed by atoms with van der Waals surface area (Å²) in [5.74, 6) is -0.0303. The van der Waals surface area contributed by atoms with Gasteiger partial charge in [0.15, 0.2) is 0 Å². The topological polar surface area (TPSA) is 80.8 Å². The van der Waals surface area contributed by atoms with Gasteiger partial charge in [0.1, 0.15) is 24.1 Å². The van der Waals surface area contributed by atoms with Crippen molar-refractivity contribution in [3.05, 3.63) is 53.3 Å². The predicted molar refractivity (Wildman–Crippen MR) is 103 cm³/mol. The van der Waals surface area contributed by atoms with E-state index in [9.17, 15) is 9.59 Å². The standard InChI is InChI=1S/C21H23N3O4/c1-4-21(2)14-9-15(22-10-13(14)11-28-21)19(25)23-16-12-27-18-8-6-5-7-17(18)24(3)20(16)26/h5-10,16H,4,11-12H2,1-3H3,(H,23,25)/t16-,21+/m0/s1. The summed E-state index contributed by atoms with van der Waals surface area (Å²) in [6, 6.07) is 8.27. The van der Waals surface area contributed by atoms with Crippen molar-refractivity contribution in [2.24, 2.45) is 0 Å². The molecule has 0 saturated heterocycles. The number of rotatable bonds is 3. The number of carbonyl (C=O) groups excluding carboxylic acids is 2. The number of hydrogen-bond donors (Lipinski definition) is 1.